The molecule has 23 heavy (non-hydrogen) atoms. The van der Waals surface area contributed by atoms with Crippen LogP contribution >= 0.6 is 0 Å². The molecule has 2 aliphatic heterocycles. The van der Waals surface area contributed by atoms with Crippen LogP contribution in [0.5, 0.6) is 0 Å². The molecule has 1 aromatic carbocycles. The molecule has 2 N–H and O–H groups in total. The number of nitrogens with zero attached hydrogens (tertiary/aromatic N) is 1. The molecule has 2 heterocycles. The Kier molecular flexibility index (Phi) is 3.20. The molecule has 0 aromatic heterocycles. The molecule has 5 heteroatoms. The number of esters is 1. The van der Waals surface area contributed by atoms with Crippen LogP contribution in [-0.4, -0.2) is 59.5 Å². The maximum absolute atomic E-state index is 13.0. The van der Waals surface area contributed by atoms with Gasteiger partial charge >= 0.3 is 5.97 Å². The first-order chi connectivity index (χ1) is 13.2. The minimum atomic E-state index is -2.13. The van der Waals surface area contributed by atoms with Gasteiger partial charge in [0.15, 0.2) is 0 Å². The van der Waals surface area contributed by atoms with Gasteiger partial charge in [0.2, 0.25) is 0 Å². The van der Waals surface area contributed by atoms with E-state index in [0.29, 0.717) is 24.9 Å². The first-order valence-corrected chi connectivity index (χ1v) is 7.90. The van der Waals surface area contributed by atoms with Crippen LogP contribution in [0.15, 0.2) is 30.2 Å². The summed E-state index contributed by atoms with van der Waals surface area (Å²) in [7, 11) is 2.04. The predicted molar refractivity (Wildman–Crippen MR) is 86.0 cm³/mol. The number of benzene rings is 1. The number of aliphatic hydroxyl groups excluding tert-OH is 2. The summed E-state index contributed by atoms with van der Waals surface area (Å²) >= 11 is 0. The molecule has 0 spiro atoms. The van der Waals surface area contributed by atoms with Gasteiger partial charge in [-0.3, -0.25) is 4.79 Å². The van der Waals surface area contributed by atoms with Crippen molar-refractivity contribution in [3.05, 3.63) is 35.8 Å². The molecule has 0 amide bonds. The minimum absolute atomic E-state index is 0.301. The van der Waals surface area contributed by atoms with Crippen molar-refractivity contribution >= 4 is 5.97 Å². The third kappa shape index (κ3) is 2.89. The summed E-state index contributed by atoms with van der Waals surface area (Å²) in [6, 6.07) is -2.53. The highest BCUT2D eigenvalue weighted by Gasteiger charge is 2.45. The molecule has 2 fully saturated rings. The zero-order valence-electron chi connectivity index (χ0n) is 18.1. The smallest absolute Gasteiger partial charge is 0.321 e. The Bertz CT molecular complexity index is 743. The highest BCUT2D eigenvalue weighted by molar-refractivity contribution is 5.83. The molecule has 2 saturated heterocycles. The number of ether oxygens (including phenoxy) is 1. The highest BCUT2D eigenvalue weighted by atomic mass is 16.5. The molecular formula is C18H25NO4. The van der Waals surface area contributed by atoms with Crippen LogP contribution in [0.4, 0.5) is 0 Å². The lowest BCUT2D eigenvalue weighted by molar-refractivity contribution is -0.163. The van der Waals surface area contributed by atoms with E-state index < -0.39 is 66.5 Å². The van der Waals surface area contributed by atoms with Crippen LogP contribution in [0.25, 0.3) is 0 Å². The predicted octanol–water partition coefficient (Wildman–Crippen LogP) is 1.08. The lowest BCUT2D eigenvalue weighted by atomic mass is 9.82. The van der Waals surface area contributed by atoms with Gasteiger partial charge in [0, 0.05) is 12.1 Å². The second-order valence-corrected chi connectivity index (χ2v) is 6.45. The molecule has 2 aliphatic rings. The van der Waals surface area contributed by atoms with Gasteiger partial charge in [-0.1, -0.05) is 30.2 Å². The number of hydrogen-bond donors (Lipinski definition) is 2. The van der Waals surface area contributed by atoms with Crippen molar-refractivity contribution in [2.45, 2.75) is 49.3 Å². The molecule has 3 atom stereocenters. The SMILES string of the molecule is [2H]c1c([2H])c([2H])c(C(CO)(CO)C(=O)OC2C[C@H]3CC[C@@H](C2)N3C)c([2H])c1[2H]. The van der Waals surface area contributed by atoms with Gasteiger partial charge < -0.3 is 19.8 Å². The Morgan fingerprint density at radius 3 is 2.35 bits per heavy atom. The van der Waals surface area contributed by atoms with Crippen LogP contribution in [-0.2, 0) is 14.9 Å². The van der Waals surface area contributed by atoms with E-state index in [-0.39, 0.29) is 0 Å². The normalized spacial score (nSPS) is 30.9. The number of carbonyl (C=O) groups excluding carboxylic acids is 1. The van der Waals surface area contributed by atoms with E-state index in [1.165, 1.54) is 0 Å². The number of carbonyl (C=O) groups is 1. The number of rotatable bonds is 5. The van der Waals surface area contributed by atoms with Gasteiger partial charge in [-0.05, 0) is 38.3 Å². The van der Waals surface area contributed by atoms with E-state index in [1.54, 1.807) is 0 Å². The molecule has 0 radical (unpaired) electrons. The third-order valence-electron chi connectivity index (χ3n) is 5.24. The summed E-state index contributed by atoms with van der Waals surface area (Å²) in [5.74, 6) is -0.968. The molecule has 126 valence electrons. The van der Waals surface area contributed by atoms with Crippen molar-refractivity contribution < 1.29 is 26.6 Å². The molecule has 0 saturated carbocycles. The van der Waals surface area contributed by atoms with E-state index in [4.69, 9.17) is 11.6 Å². The van der Waals surface area contributed by atoms with Gasteiger partial charge in [-0.2, -0.15) is 0 Å². The van der Waals surface area contributed by atoms with Crippen molar-refractivity contribution in [3.8, 4) is 0 Å². The second kappa shape index (κ2) is 6.59. The van der Waals surface area contributed by atoms with Gasteiger partial charge in [0.1, 0.15) is 11.5 Å². The third-order valence-corrected chi connectivity index (χ3v) is 5.24. The maximum Gasteiger partial charge on any atom is 0.321 e. The van der Waals surface area contributed by atoms with Crippen LogP contribution in [0.1, 0.15) is 38.1 Å². The van der Waals surface area contributed by atoms with Crippen molar-refractivity contribution in [2.75, 3.05) is 20.3 Å². The van der Waals surface area contributed by atoms with Crippen molar-refractivity contribution in [1.29, 1.82) is 0 Å². The maximum atomic E-state index is 13.0. The first kappa shape index (κ1) is 11.2. The number of fused-ring (bicyclic) bond motifs is 2. The fourth-order valence-electron chi connectivity index (χ4n) is 3.65. The Morgan fingerprint density at radius 2 is 1.83 bits per heavy atom. The lowest BCUT2D eigenvalue weighted by Crippen LogP contribution is -2.49. The number of hydrogen-bond acceptors (Lipinski definition) is 5. The molecule has 5 nitrogen and oxygen atoms in total. The van der Waals surface area contributed by atoms with E-state index in [1.807, 2.05) is 7.05 Å². The van der Waals surface area contributed by atoms with Gasteiger partial charge in [0.25, 0.3) is 0 Å². The molecule has 0 aliphatic carbocycles. The van der Waals surface area contributed by atoms with Crippen LogP contribution in [0.2, 0.25) is 0 Å². The fraction of sp³-hybridized carbons (Fsp3) is 0.611. The molecular weight excluding hydrogens is 294 g/mol. The number of aliphatic hydroxyl groups is 2. The Labute approximate surface area is 143 Å². The Morgan fingerprint density at radius 1 is 1.26 bits per heavy atom. The first-order valence-electron chi connectivity index (χ1n) is 10.4. The highest BCUT2D eigenvalue weighted by Crippen LogP contribution is 2.36. The summed E-state index contributed by atoms with van der Waals surface area (Å²) in [5, 5.41) is 20.0. The summed E-state index contributed by atoms with van der Waals surface area (Å²) in [5.41, 5.74) is -2.57. The van der Waals surface area contributed by atoms with Crippen LogP contribution < -0.4 is 0 Å². The standard InChI is InChI=1S/C18H25NO4/c1-19-14-7-8-15(19)10-16(9-14)23-17(22)18(11-20,12-21)13-5-3-2-4-6-13/h2-6,14-16,20-21H,7-12H2,1H3/t14-,15+,16?/i2D,3D,4D,5D,6D. The van der Waals surface area contributed by atoms with Crippen LogP contribution in [0, 0.1) is 0 Å². The van der Waals surface area contributed by atoms with Gasteiger partial charge in [0.05, 0.1) is 20.1 Å². The average Bonchev–Trinajstić information content (AvgIpc) is 2.89. The van der Waals surface area contributed by atoms with Crippen molar-refractivity contribution in [1.82, 2.24) is 4.90 Å². The largest absolute Gasteiger partial charge is 0.461 e. The second-order valence-electron chi connectivity index (χ2n) is 6.45. The average molecular weight is 324 g/mol. The summed E-state index contributed by atoms with van der Waals surface area (Å²) < 4.78 is 45.1. The van der Waals surface area contributed by atoms with E-state index in [2.05, 4.69) is 4.90 Å². The molecule has 3 rings (SSSR count). The summed E-state index contributed by atoms with van der Waals surface area (Å²) in [6.45, 7) is -1.87. The Balaban J connectivity index is 1.96. The van der Waals surface area contributed by atoms with E-state index in [0.717, 1.165) is 12.8 Å². The summed E-state index contributed by atoms with van der Waals surface area (Å²) in [4.78, 5) is 15.3. The summed E-state index contributed by atoms with van der Waals surface area (Å²) in [6.07, 6.45) is 2.90. The molecule has 1 unspecified atom stereocenters. The quantitative estimate of drug-likeness (QED) is 0.793. The molecule has 1 aromatic rings. The zero-order valence-corrected chi connectivity index (χ0v) is 13.1. The topological polar surface area (TPSA) is 70.0 Å². The van der Waals surface area contributed by atoms with Crippen molar-refractivity contribution in [2.24, 2.45) is 0 Å². The van der Waals surface area contributed by atoms with Crippen LogP contribution in [0.3, 0.4) is 0 Å². The van der Waals surface area contributed by atoms with E-state index >= 15 is 0 Å². The molecule has 2 bridgehead atoms. The Hall–Kier alpha value is -1.43. The van der Waals surface area contributed by atoms with E-state index in [9.17, 15) is 15.0 Å². The minimum Gasteiger partial charge on any atom is -0.461 e. The lowest BCUT2D eigenvalue weighted by Gasteiger charge is -2.37. The van der Waals surface area contributed by atoms with Gasteiger partial charge in [-0.15, -0.1) is 0 Å². The van der Waals surface area contributed by atoms with Gasteiger partial charge in [-0.25, -0.2) is 0 Å². The monoisotopic (exact) mass is 324 g/mol. The van der Waals surface area contributed by atoms with Crippen molar-refractivity contribution in [3.63, 3.8) is 0 Å². The number of piperidine rings is 1. The zero-order chi connectivity index (χ0) is 20.8. The fourth-order valence-corrected chi connectivity index (χ4v) is 3.65.